The number of carbonyl (C=O) groups is 1. The molecule has 2 N–H and O–H groups in total. The molecule has 0 spiro atoms. The van der Waals surface area contributed by atoms with Crippen molar-refractivity contribution in [1.82, 2.24) is 14.8 Å². The molecule has 1 aliphatic rings. The van der Waals surface area contributed by atoms with Gasteiger partial charge in [0.1, 0.15) is 10.6 Å². The van der Waals surface area contributed by atoms with Gasteiger partial charge in [-0.15, -0.1) is 11.3 Å². The maximum atomic E-state index is 12.5. The molecule has 1 amide bonds. The Bertz CT molecular complexity index is 661. The fraction of sp³-hybridized carbons (Fsp3) is 0.667. The first kappa shape index (κ1) is 20.3. The van der Waals surface area contributed by atoms with E-state index in [0.717, 1.165) is 16.7 Å². The smallest absolute Gasteiger partial charge is 0.434 e. The van der Waals surface area contributed by atoms with Crippen LogP contribution < -0.4 is 5.73 Å². The van der Waals surface area contributed by atoms with Crippen LogP contribution in [0.1, 0.15) is 31.5 Å². The van der Waals surface area contributed by atoms with Gasteiger partial charge in [-0.3, -0.25) is 0 Å². The minimum atomic E-state index is -4.46. The number of amides is 1. The molecule has 0 aliphatic carbocycles. The summed E-state index contributed by atoms with van der Waals surface area (Å²) in [5, 5.41) is 1.20. The van der Waals surface area contributed by atoms with Crippen molar-refractivity contribution in [3.63, 3.8) is 0 Å². The van der Waals surface area contributed by atoms with Gasteiger partial charge < -0.3 is 20.3 Å². The summed E-state index contributed by atoms with van der Waals surface area (Å²) in [5.41, 5.74) is 4.43. The summed E-state index contributed by atoms with van der Waals surface area (Å²) in [6, 6.07) is 0. The second-order valence-electron chi connectivity index (χ2n) is 6.75. The summed E-state index contributed by atoms with van der Waals surface area (Å²) in [6.45, 7) is 7.19. The minimum Gasteiger partial charge on any atom is -0.444 e. The lowest BCUT2D eigenvalue weighted by molar-refractivity contribution is -0.140. The lowest BCUT2D eigenvalue weighted by atomic mass is 10.2. The van der Waals surface area contributed by atoms with Crippen molar-refractivity contribution in [3.8, 4) is 0 Å². The molecule has 0 atom stereocenters. The van der Waals surface area contributed by atoms with E-state index in [2.05, 4.69) is 9.98 Å². The van der Waals surface area contributed by atoms with E-state index in [1.54, 1.807) is 30.6 Å². The number of ether oxygens (including phenoxy) is 1. The summed E-state index contributed by atoms with van der Waals surface area (Å²) >= 11 is 0.893. The second kappa shape index (κ2) is 7.68. The van der Waals surface area contributed by atoms with Gasteiger partial charge in [0.15, 0.2) is 11.7 Å². The minimum absolute atomic E-state index is 0.0150. The van der Waals surface area contributed by atoms with E-state index in [1.807, 2.05) is 0 Å². The number of guanidine groups is 1. The monoisotopic (exact) mass is 393 g/mol. The average molecular weight is 393 g/mol. The highest BCUT2D eigenvalue weighted by Crippen LogP contribution is 2.30. The number of nitrogens with zero attached hydrogens (tertiary/aromatic N) is 4. The number of piperazine rings is 1. The number of aliphatic imine (C=N–C) groups is 1. The highest BCUT2D eigenvalue weighted by Gasteiger charge is 2.33. The zero-order valence-corrected chi connectivity index (χ0v) is 15.7. The van der Waals surface area contributed by atoms with Gasteiger partial charge >= 0.3 is 12.3 Å². The molecule has 0 unspecified atom stereocenters. The molecule has 1 aliphatic heterocycles. The van der Waals surface area contributed by atoms with Crippen LogP contribution in [0, 0.1) is 0 Å². The second-order valence-corrected chi connectivity index (χ2v) is 7.70. The third-order valence-electron chi connectivity index (χ3n) is 3.47. The van der Waals surface area contributed by atoms with Crippen molar-refractivity contribution in [3.05, 3.63) is 16.1 Å². The lowest BCUT2D eigenvalue weighted by Gasteiger charge is -2.36. The number of alkyl halides is 3. The Kier molecular flexibility index (Phi) is 5.99. The fourth-order valence-electron chi connectivity index (χ4n) is 2.21. The SMILES string of the molecule is CC(C)(C)OC(=O)N1CCN(C(N)=NCc2nc(C(F)(F)F)cs2)CC1. The summed E-state index contributed by atoms with van der Waals surface area (Å²) in [5.74, 6) is 0.220. The van der Waals surface area contributed by atoms with Crippen molar-refractivity contribution >= 4 is 23.4 Å². The van der Waals surface area contributed by atoms with Crippen LogP contribution in [0.5, 0.6) is 0 Å². The number of hydrogen-bond donors (Lipinski definition) is 1. The Hall–Kier alpha value is -2.04. The quantitative estimate of drug-likeness (QED) is 0.617. The zero-order chi connectivity index (χ0) is 19.5. The number of aromatic nitrogens is 1. The zero-order valence-electron chi connectivity index (χ0n) is 14.8. The van der Waals surface area contributed by atoms with E-state index in [4.69, 9.17) is 10.5 Å². The number of thiazole rings is 1. The predicted octanol–water partition coefficient (Wildman–Crippen LogP) is 2.53. The fourth-order valence-corrected chi connectivity index (χ4v) is 2.93. The van der Waals surface area contributed by atoms with E-state index in [9.17, 15) is 18.0 Å². The molecule has 1 fully saturated rings. The average Bonchev–Trinajstić information content (AvgIpc) is 3.00. The molecule has 0 saturated carbocycles. The Balaban J connectivity index is 1.86. The van der Waals surface area contributed by atoms with Gasteiger partial charge in [0.05, 0.1) is 6.54 Å². The first-order valence-corrected chi connectivity index (χ1v) is 8.88. The number of rotatable bonds is 2. The van der Waals surface area contributed by atoms with Crippen LogP contribution in [0.4, 0.5) is 18.0 Å². The highest BCUT2D eigenvalue weighted by molar-refractivity contribution is 7.09. The molecule has 146 valence electrons. The molecule has 1 aromatic rings. The topological polar surface area (TPSA) is 84.0 Å². The first-order chi connectivity index (χ1) is 12.0. The van der Waals surface area contributed by atoms with E-state index >= 15 is 0 Å². The summed E-state index contributed by atoms with van der Waals surface area (Å²) in [7, 11) is 0. The van der Waals surface area contributed by atoms with Gasteiger partial charge in [0.25, 0.3) is 0 Å². The van der Waals surface area contributed by atoms with Crippen molar-refractivity contribution < 1.29 is 22.7 Å². The Morgan fingerprint density at radius 2 is 1.85 bits per heavy atom. The molecule has 2 rings (SSSR count). The van der Waals surface area contributed by atoms with Gasteiger partial charge in [-0.1, -0.05) is 0 Å². The number of hydrogen-bond acceptors (Lipinski definition) is 5. The number of nitrogens with two attached hydrogens (primary N) is 1. The van der Waals surface area contributed by atoms with Crippen molar-refractivity contribution in [2.24, 2.45) is 10.7 Å². The molecule has 1 aromatic heterocycles. The largest absolute Gasteiger partial charge is 0.444 e. The van der Waals surface area contributed by atoms with Gasteiger partial charge in [-0.25, -0.2) is 14.8 Å². The molecule has 7 nitrogen and oxygen atoms in total. The Morgan fingerprint density at radius 1 is 1.27 bits per heavy atom. The van der Waals surface area contributed by atoms with E-state index in [-0.39, 0.29) is 23.6 Å². The molecule has 0 radical (unpaired) electrons. The van der Waals surface area contributed by atoms with Gasteiger partial charge in [-0.05, 0) is 20.8 Å². The summed E-state index contributed by atoms with van der Waals surface area (Å²) < 4.78 is 42.9. The molecule has 11 heteroatoms. The molecular weight excluding hydrogens is 371 g/mol. The van der Waals surface area contributed by atoms with Gasteiger partial charge in [0, 0.05) is 31.6 Å². The molecule has 0 bridgehead atoms. The van der Waals surface area contributed by atoms with Crippen molar-refractivity contribution in [2.45, 2.75) is 39.1 Å². The van der Waals surface area contributed by atoms with Crippen molar-refractivity contribution in [2.75, 3.05) is 26.2 Å². The van der Waals surface area contributed by atoms with Crippen LogP contribution in [0.15, 0.2) is 10.4 Å². The predicted molar refractivity (Wildman–Crippen MR) is 91.8 cm³/mol. The summed E-state index contributed by atoms with van der Waals surface area (Å²) in [4.78, 5) is 23.0. The maximum Gasteiger partial charge on any atom is 0.434 e. The van der Waals surface area contributed by atoms with Crippen LogP contribution in [-0.4, -0.2) is 58.6 Å². The van der Waals surface area contributed by atoms with Crippen LogP contribution >= 0.6 is 11.3 Å². The van der Waals surface area contributed by atoms with Crippen LogP contribution in [-0.2, 0) is 17.5 Å². The third kappa shape index (κ3) is 5.75. The Labute approximate surface area is 153 Å². The van der Waals surface area contributed by atoms with Gasteiger partial charge in [-0.2, -0.15) is 13.2 Å². The molecule has 26 heavy (non-hydrogen) atoms. The van der Waals surface area contributed by atoms with Crippen LogP contribution in [0.3, 0.4) is 0 Å². The number of halogens is 3. The maximum absolute atomic E-state index is 12.5. The first-order valence-electron chi connectivity index (χ1n) is 8.00. The van der Waals surface area contributed by atoms with Crippen LogP contribution in [0.25, 0.3) is 0 Å². The molecular formula is C15H22F3N5O2S. The van der Waals surface area contributed by atoms with E-state index in [0.29, 0.717) is 26.2 Å². The summed E-state index contributed by atoms with van der Waals surface area (Å²) in [6.07, 6.45) is -4.84. The molecule has 2 heterocycles. The van der Waals surface area contributed by atoms with Crippen molar-refractivity contribution in [1.29, 1.82) is 0 Å². The van der Waals surface area contributed by atoms with E-state index < -0.39 is 17.5 Å². The van der Waals surface area contributed by atoms with Gasteiger partial charge in [0.2, 0.25) is 0 Å². The standard InChI is InChI=1S/C15H22F3N5O2S/c1-14(2,3)25-13(24)23-6-4-22(5-7-23)12(19)20-8-11-21-10(9-26-11)15(16,17)18/h9H,4-8H2,1-3H3,(H2,19,20). The lowest BCUT2D eigenvalue weighted by Crippen LogP contribution is -2.53. The normalized spacial score (nSPS) is 16.8. The number of carbonyl (C=O) groups excluding carboxylic acids is 1. The van der Waals surface area contributed by atoms with E-state index in [1.165, 1.54) is 0 Å². The Morgan fingerprint density at radius 3 is 2.35 bits per heavy atom. The highest BCUT2D eigenvalue weighted by atomic mass is 32.1. The van der Waals surface area contributed by atoms with Crippen LogP contribution in [0.2, 0.25) is 0 Å². The molecule has 1 saturated heterocycles. The third-order valence-corrected chi connectivity index (χ3v) is 4.31. The molecule has 0 aromatic carbocycles.